The first-order valence-corrected chi connectivity index (χ1v) is 5.24. The van der Waals surface area contributed by atoms with Crippen LogP contribution in [0.25, 0.3) is 0 Å². The molecule has 0 fully saturated rings. The average Bonchev–Trinajstić information content (AvgIpc) is 2.24. The SMILES string of the molecule is Cc1cc(CNC(=O)[O-])ccc1N=CN(C)C. The van der Waals surface area contributed by atoms with E-state index >= 15 is 0 Å². The third-order valence-corrected chi connectivity index (χ3v) is 2.13. The van der Waals surface area contributed by atoms with Gasteiger partial charge in [-0.25, -0.2) is 4.99 Å². The molecule has 0 aliphatic heterocycles. The summed E-state index contributed by atoms with van der Waals surface area (Å²) in [4.78, 5) is 16.4. The van der Waals surface area contributed by atoms with E-state index in [9.17, 15) is 9.90 Å². The van der Waals surface area contributed by atoms with Crippen LogP contribution in [0.3, 0.4) is 0 Å². The number of nitrogens with zero attached hydrogens (tertiary/aromatic N) is 2. The minimum absolute atomic E-state index is 0.251. The van der Waals surface area contributed by atoms with Crippen molar-refractivity contribution in [1.29, 1.82) is 0 Å². The molecule has 92 valence electrons. The van der Waals surface area contributed by atoms with Gasteiger partial charge in [0.15, 0.2) is 0 Å². The smallest absolute Gasteiger partial charge is 0.134 e. The first kappa shape index (κ1) is 13.0. The number of nitrogens with one attached hydrogen (secondary N) is 1. The Morgan fingerprint density at radius 2 is 2.24 bits per heavy atom. The molecule has 0 saturated heterocycles. The molecule has 1 aromatic rings. The highest BCUT2D eigenvalue weighted by molar-refractivity contribution is 5.63. The van der Waals surface area contributed by atoms with Gasteiger partial charge in [-0.05, 0) is 24.1 Å². The molecule has 0 aliphatic rings. The zero-order valence-electron chi connectivity index (χ0n) is 10.2. The van der Waals surface area contributed by atoms with Gasteiger partial charge >= 0.3 is 0 Å². The lowest BCUT2D eigenvalue weighted by atomic mass is 10.1. The van der Waals surface area contributed by atoms with Gasteiger partial charge in [-0.15, -0.1) is 0 Å². The molecule has 1 aromatic carbocycles. The van der Waals surface area contributed by atoms with Crippen LogP contribution < -0.4 is 10.4 Å². The number of hydrogen-bond donors (Lipinski definition) is 1. The van der Waals surface area contributed by atoms with Crippen LogP contribution in [0.4, 0.5) is 10.5 Å². The van der Waals surface area contributed by atoms with Crippen LogP contribution in [-0.2, 0) is 6.54 Å². The molecule has 0 bridgehead atoms. The zero-order chi connectivity index (χ0) is 12.8. The summed E-state index contributed by atoms with van der Waals surface area (Å²) in [5.41, 5.74) is 2.76. The molecule has 0 saturated carbocycles. The fourth-order valence-corrected chi connectivity index (χ4v) is 1.32. The summed E-state index contributed by atoms with van der Waals surface area (Å²) >= 11 is 0. The maximum Gasteiger partial charge on any atom is 0.134 e. The van der Waals surface area contributed by atoms with E-state index in [1.165, 1.54) is 0 Å². The average molecular weight is 234 g/mol. The van der Waals surface area contributed by atoms with Crippen LogP contribution in [0.2, 0.25) is 0 Å². The van der Waals surface area contributed by atoms with Gasteiger partial charge in [-0.1, -0.05) is 12.1 Å². The van der Waals surface area contributed by atoms with Gasteiger partial charge in [0.05, 0.1) is 12.0 Å². The maximum atomic E-state index is 10.3. The van der Waals surface area contributed by atoms with Crippen molar-refractivity contribution in [2.45, 2.75) is 13.5 Å². The van der Waals surface area contributed by atoms with Crippen LogP contribution in [0.15, 0.2) is 23.2 Å². The fourth-order valence-electron chi connectivity index (χ4n) is 1.32. The minimum atomic E-state index is -1.27. The molecule has 0 unspecified atom stereocenters. The van der Waals surface area contributed by atoms with Crippen molar-refractivity contribution >= 4 is 18.1 Å². The Morgan fingerprint density at radius 1 is 1.53 bits per heavy atom. The summed E-state index contributed by atoms with van der Waals surface area (Å²) in [6.07, 6.45) is 0.457. The van der Waals surface area contributed by atoms with Gasteiger partial charge in [0.25, 0.3) is 0 Å². The van der Waals surface area contributed by atoms with Crippen molar-refractivity contribution in [2.75, 3.05) is 14.1 Å². The summed E-state index contributed by atoms with van der Waals surface area (Å²) in [6, 6.07) is 5.60. The van der Waals surface area contributed by atoms with Crippen molar-refractivity contribution in [3.05, 3.63) is 29.3 Å². The summed E-state index contributed by atoms with van der Waals surface area (Å²) in [5, 5.41) is 12.5. The van der Waals surface area contributed by atoms with Gasteiger partial charge in [0.2, 0.25) is 0 Å². The molecular weight excluding hydrogens is 218 g/mol. The van der Waals surface area contributed by atoms with Gasteiger partial charge in [0, 0.05) is 20.6 Å². The Balaban J connectivity index is 2.75. The predicted octanol–water partition coefficient (Wildman–Crippen LogP) is 0.649. The zero-order valence-corrected chi connectivity index (χ0v) is 10.2. The molecule has 0 radical (unpaired) electrons. The van der Waals surface area contributed by atoms with Crippen LogP contribution in [0.1, 0.15) is 11.1 Å². The van der Waals surface area contributed by atoms with Gasteiger partial charge in [0.1, 0.15) is 6.09 Å². The number of aryl methyl sites for hydroxylation is 1. The molecule has 5 nitrogen and oxygen atoms in total. The number of rotatable bonds is 4. The first-order valence-electron chi connectivity index (χ1n) is 5.24. The number of carboxylic acid groups (broad SMARTS) is 1. The molecule has 1 rings (SSSR count). The van der Waals surface area contributed by atoms with E-state index < -0.39 is 6.09 Å². The lowest BCUT2D eigenvalue weighted by Gasteiger charge is -2.09. The number of carbonyl (C=O) groups excluding carboxylic acids is 1. The van der Waals surface area contributed by atoms with Crippen molar-refractivity contribution < 1.29 is 9.90 Å². The van der Waals surface area contributed by atoms with Crippen LogP contribution in [0.5, 0.6) is 0 Å². The Kier molecular flexibility index (Phi) is 4.51. The van der Waals surface area contributed by atoms with E-state index in [2.05, 4.69) is 10.3 Å². The molecular formula is C12H16N3O2-. The number of aliphatic imine (C=N–C) groups is 1. The molecule has 0 heterocycles. The van der Waals surface area contributed by atoms with Crippen LogP contribution >= 0.6 is 0 Å². The normalized spacial score (nSPS) is 10.5. The molecule has 0 spiro atoms. The topological polar surface area (TPSA) is 67.8 Å². The van der Waals surface area contributed by atoms with E-state index in [1.807, 2.05) is 44.1 Å². The Morgan fingerprint density at radius 3 is 2.76 bits per heavy atom. The third-order valence-electron chi connectivity index (χ3n) is 2.13. The number of benzene rings is 1. The second kappa shape index (κ2) is 5.89. The first-order chi connectivity index (χ1) is 7.99. The van der Waals surface area contributed by atoms with E-state index in [0.717, 1.165) is 16.8 Å². The number of hydrogen-bond acceptors (Lipinski definition) is 3. The second-order valence-corrected chi connectivity index (χ2v) is 3.97. The van der Waals surface area contributed by atoms with Crippen molar-refractivity contribution in [1.82, 2.24) is 10.2 Å². The summed E-state index contributed by atoms with van der Waals surface area (Å²) in [5.74, 6) is 0. The lowest BCUT2D eigenvalue weighted by Crippen LogP contribution is -2.35. The third kappa shape index (κ3) is 4.55. The van der Waals surface area contributed by atoms with E-state index in [1.54, 1.807) is 6.34 Å². The molecule has 0 atom stereocenters. The van der Waals surface area contributed by atoms with Crippen molar-refractivity contribution in [3.63, 3.8) is 0 Å². The van der Waals surface area contributed by atoms with Crippen LogP contribution in [-0.4, -0.2) is 31.4 Å². The molecule has 1 N–H and O–H groups in total. The predicted molar refractivity (Wildman–Crippen MR) is 65.3 cm³/mol. The monoisotopic (exact) mass is 234 g/mol. The minimum Gasteiger partial charge on any atom is -0.530 e. The summed E-state index contributed by atoms with van der Waals surface area (Å²) < 4.78 is 0. The van der Waals surface area contributed by atoms with Gasteiger partial charge in [-0.2, -0.15) is 0 Å². The Labute approximate surface area is 101 Å². The Bertz CT molecular complexity index is 428. The molecule has 5 heteroatoms. The fraction of sp³-hybridized carbons (Fsp3) is 0.333. The summed E-state index contributed by atoms with van der Waals surface area (Å²) in [6.45, 7) is 2.19. The van der Waals surface area contributed by atoms with E-state index in [4.69, 9.17) is 0 Å². The highest BCUT2D eigenvalue weighted by Crippen LogP contribution is 2.19. The van der Waals surface area contributed by atoms with Crippen molar-refractivity contribution in [2.24, 2.45) is 4.99 Å². The summed E-state index contributed by atoms with van der Waals surface area (Å²) in [7, 11) is 3.80. The number of amides is 1. The maximum absolute atomic E-state index is 10.3. The van der Waals surface area contributed by atoms with Crippen LogP contribution in [0, 0.1) is 6.92 Å². The Hall–Kier alpha value is -2.04. The standard InChI is InChI=1S/C12H17N3O2/c1-9-6-10(7-13-12(16)17)4-5-11(9)14-8-15(2)3/h4-6,8,13H,7H2,1-3H3,(H,16,17)/p-1. The molecule has 0 aliphatic carbocycles. The second-order valence-electron chi connectivity index (χ2n) is 3.97. The highest BCUT2D eigenvalue weighted by atomic mass is 16.4. The largest absolute Gasteiger partial charge is 0.530 e. The highest BCUT2D eigenvalue weighted by Gasteiger charge is 1.98. The quantitative estimate of drug-likeness (QED) is 0.614. The number of carbonyl (C=O) groups is 1. The molecule has 0 aromatic heterocycles. The molecule has 17 heavy (non-hydrogen) atoms. The van der Waals surface area contributed by atoms with Gasteiger partial charge < -0.3 is 20.1 Å². The van der Waals surface area contributed by atoms with Gasteiger partial charge in [-0.3, -0.25) is 0 Å². The van der Waals surface area contributed by atoms with E-state index in [0.29, 0.717) is 0 Å². The molecule has 1 amide bonds. The lowest BCUT2D eigenvalue weighted by molar-refractivity contribution is -0.251. The van der Waals surface area contributed by atoms with Crippen molar-refractivity contribution in [3.8, 4) is 0 Å². The van der Waals surface area contributed by atoms with E-state index in [-0.39, 0.29) is 6.54 Å².